The Morgan fingerprint density at radius 2 is 1.96 bits per heavy atom. The molecule has 0 spiro atoms. The van der Waals surface area contributed by atoms with Gasteiger partial charge in [-0.05, 0) is 37.1 Å². The SMILES string of the molecule is O=C1CN(C(=O)c2ccc(CNC(=O)C3CCCCN3)cc2)CCN1. The summed E-state index contributed by atoms with van der Waals surface area (Å²) >= 11 is 0. The maximum Gasteiger partial charge on any atom is 0.254 e. The number of amides is 3. The second-order valence-corrected chi connectivity index (χ2v) is 6.49. The Bertz CT molecular complexity index is 638. The molecular weight excluding hydrogens is 320 g/mol. The summed E-state index contributed by atoms with van der Waals surface area (Å²) in [7, 11) is 0. The molecule has 0 aliphatic carbocycles. The second kappa shape index (κ2) is 8.11. The molecular formula is C18H24N4O3. The van der Waals surface area contributed by atoms with E-state index in [-0.39, 0.29) is 30.3 Å². The van der Waals surface area contributed by atoms with Crippen LogP contribution in [0.1, 0.15) is 35.2 Å². The van der Waals surface area contributed by atoms with Gasteiger partial charge in [-0.3, -0.25) is 14.4 Å². The molecule has 2 aliphatic rings. The third-order valence-electron chi connectivity index (χ3n) is 4.62. The van der Waals surface area contributed by atoms with Gasteiger partial charge in [0.15, 0.2) is 0 Å². The minimum absolute atomic E-state index is 0.0270. The lowest BCUT2D eigenvalue weighted by Crippen LogP contribution is -2.49. The number of piperidine rings is 1. The van der Waals surface area contributed by atoms with E-state index in [0.29, 0.717) is 25.2 Å². The van der Waals surface area contributed by atoms with E-state index in [4.69, 9.17) is 0 Å². The number of rotatable bonds is 4. The Balaban J connectivity index is 1.52. The van der Waals surface area contributed by atoms with Crippen LogP contribution in [0.4, 0.5) is 0 Å². The molecule has 0 bridgehead atoms. The largest absolute Gasteiger partial charge is 0.353 e. The topological polar surface area (TPSA) is 90.5 Å². The third-order valence-corrected chi connectivity index (χ3v) is 4.62. The average Bonchev–Trinajstić information content (AvgIpc) is 2.66. The predicted molar refractivity (Wildman–Crippen MR) is 92.8 cm³/mol. The first-order chi connectivity index (χ1) is 12.1. The molecule has 2 fully saturated rings. The van der Waals surface area contributed by atoms with Gasteiger partial charge in [0, 0.05) is 25.2 Å². The number of hydrogen-bond donors (Lipinski definition) is 3. The van der Waals surface area contributed by atoms with Gasteiger partial charge in [0.2, 0.25) is 11.8 Å². The minimum Gasteiger partial charge on any atom is -0.353 e. The molecule has 134 valence electrons. The number of piperazine rings is 1. The maximum atomic E-state index is 12.4. The van der Waals surface area contributed by atoms with Crippen molar-refractivity contribution in [2.24, 2.45) is 0 Å². The van der Waals surface area contributed by atoms with E-state index in [1.807, 2.05) is 12.1 Å². The molecule has 2 heterocycles. The summed E-state index contributed by atoms with van der Waals surface area (Å²) in [4.78, 5) is 37.4. The number of nitrogens with one attached hydrogen (secondary N) is 3. The maximum absolute atomic E-state index is 12.4. The molecule has 0 saturated carbocycles. The van der Waals surface area contributed by atoms with Crippen LogP contribution in [0.15, 0.2) is 24.3 Å². The fourth-order valence-corrected chi connectivity index (χ4v) is 3.15. The van der Waals surface area contributed by atoms with Gasteiger partial charge in [-0.2, -0.15) is 0 Å². The highest BCUT2D eigenvalue weighted by molar-refractivity contribution is 5.97. The number of carbonyl (C=O) groups is 3. The van der Waals surface area contributed by atoms with Crippen LogP contribution in [-0.2, 0) is 16.1 Å². The van der Waals surface area contributed by atoms with Crippen LogP contribution in [-0.4, -0.2) is 54.8 Å². The molecule has 0 radical (unpaired) electrons. The normalized spacial score (nSPS) is 20.7. The molecule has 0 aromatic heterocycles. The van der Waals surface area contributed by atoms with Crippen LogP contribution in [0.2, 0.25) is 0 Å². The summed E-state index contributed by atoms with van der Waals surface area (Å²) in [5, 5.41) is 8.86. The van der Waals surface area contributed by atoms with Crippen LogP contribution >= 0.6 is 0 Å². The fraction of sp³-hybridized carbons (Fsp3) is 0.500. The van der Waals surface area contributed by atoms with Crippen LogP contribution in [0, 0.1) is 0 Å². The Hall–Kier alpha value is -2.41. The van der Waals surface area contributed by atoms with E-state index in [1.54, 1.807) is 17.0 Å². The average molecular weight is 344 g/mol. The van der Waals surface area contributed by atoms with E-state index in [1.165, 1.54) is 0 Å². The summed E-state index contributed by atoms with van der Waals surface area (Å²) in [6.45, 7) is 2.45. The second-order valence-electron chi connectivity index (χ2n) is 6.49. The molecule has 1 aromatic rings. The standard InChI is InChI=1S/C18H24N4O3/c23-16-12-22(10-9-20-16)18(25)14-6-4-13(5-7-14)11-21-17(24)15-3-1-2-8-19-15/h4-7,15,19H,1-3,8-12H2,(H,20,23)(H,21,24). The van der Waals surface area contributed by atoms with E-state index < -0.39 is 0 Å². The van der Waals surface area contributed by atoms with E-state index in [2.05, 4.69) is 16.0 Å². The van der Waals surface area contributed by atoms with Crippen molar-refractivity contribution in [3.05, 3.63) is 35.4 Å². The van der Waals surface area contributed by atoms with Crippen molar-refractivity contribution in [1.82, 2.24) is 20.9 Å². The zero-order chi connectivity index (χ0) is 17.6. The van der Waals surface area contributed by atoms with Crippen LogP contribution < -0.4 is 16.0 Å². The van der Waals surface area contributed by atoms with Crippen LogP contribution in [0.3, 0.4) is 0 Å². The Kier molecular flexibility index (Phi) is 5.65. The quantitative estimate of drug-likeness (QED) is 0.718. The van der Waals surface area contributed by atoms with Crippen molar-refractivity contribution >= 4 is 17.7 Å². The van der Waals surface area contributed by atoms with Gasteiger partial charge in [0.05, 0.1) is 12.6 Å². The van der Waals surface area contributed by atoms with Crippen molar-refractivity contribution < 1.29 is 14.4 Å². The third kappa shape index (κ3) is 4.57. The number of hydrogen-bond acceptors (Lipinski definition) is 4. The van der Waals surface area contributed by atoms with Crippen molar-refractivity contribution in [2.75, 3.05) is 26.2 Å². The summed E-state index contributed by atoms with van der Waals surface area (Å²) in [5.74, 6) is -0.244. The number of carbonyl (C=O) groups excluding carboxylic acids is 3. The van der Waals surface area contributed by atoms with E-state index in [9.17, 15) is 14.4 Å². The van der Waals surface area contributed by atoms with Gasteiger partial charge in [0.1, 0.15) is 0 Å². The summed E-state index contributed by atoms with van der Waals surface area (Å²) in [6.07, 6.45) is 3.08. The molecule has 3 amide bonds. The molecule has 25 heavy (non-hydrogen) atoms. The molecule has 3 N–H and O–H groups in total. The van der Waals surface area contributed by atoms with Gasteiger partial charge < -0.3 is 20.9 Å². The molecule has 7 heteroatoms. The van der Waals surface area contributed by atoms with E-state index >= 15 is 0 Å². The number of nitrogens with zero attached hydrogens (tertiary/aromatic N) is 1. The lowest BCUT2D eigenvalue weighted by molar-refractivity contribution is -0.124. The summed E-state index contributed by atoms with van der Waals surface area (Å²) in [5.41, 5.74) is 1.50. The molecule has 2 saturated heterocycles. The molecule has 1 unspecified atom stereocenters. The van der Waals surface area contributed by atoms with Crippen molar-refractivity contribution in [3.63, 3.8) is 0 Å². The first-order valence-electron chi connectivity index (χ1n) is 8.79. The van der Waals surface area contributed by atoms with Gasteiger partial charge in [-0.15, -0.1) is 0 Å². The first-order valence-corrected chi connectivity index (χ1v) is 8.79. The lowest BCUT2D eigenvalue weighted by atomic mass is 10.0. The highest BCUT2D eigenvalue weighted by Gasteiger charge is 2.22. The fourth-order valence-electron chi connectivity index (χ4n) is 3.15. The molecule has 7 nitrogen and oxygen atoms in total. The van der Waals surface area contributed by atoms with Crippen LogP contribution in [0.25, 0.3) is 0 Å². The lowest BCUT2D eigenvalue weighted by Gasteiger charge is -2.26. The molecule has 2 aliphatic heterocycles. The van der Waals surface area contributed by atoms with Crippen molar-refractivity contribution in [2.45, 2.75) is 31.8 Å². The Labute approximate surface area is 147 Å². The van der Waals surface area contributed by atoms with Crippen LogP contribution in [0.5, 0.6) is 0 Å². The van der Waals surface area contributed by atoms with Crippen molar-refractivity contribution in [3.8, 4) is 0 Å². The Morgan fingerprint density at radius 1 is 1.16 bits per heavy atom. The molecule has 1 aromatic carbocycles. The van der Waals surface area contributed by atoms with Gasteiger partial charge in [0.25, 0.3) is 5.91 Å². The molecule has 3 rings (SSSR count). The highest BCUT2D eigenvalue weighted by atomic mass is 16.2. The minimum atomic E-state index is -0.142. The Morgan fingerprint density at radius 3 is 2.64 bits per heavy atom. The highest BCUT2D eigenvalue weighted by Crippen LogP contribution is 2.10. The van der Waals surface area contributed by atoms with Crippen molar-refractivity contribution in [1.29, 1.82) is 0 Å². The monoisotopic (exact) mass is 344 g/mol. The smallest absolute Gasteiger partial charge is 0.254 e. The van der Waals surface area contributed by atoms with Gasteiger partial charge in [-0.1, -0.05) is 18.6 Å². The van der Waals surface area contributed by atoms with Gasteiger partial charge >= 0.3 is 0 Å². The number of benzene rings is 1. The zero-order valence-corrected chi connectivity index (χ0v) is 14.2. The summed E-state index contributed by atoms with van der Waals surface area (Å²) < 4.78 is 0. The first kappa shape index (κ1) is 17.4. The summed E-state index contributed by atoms with van der Waals surface area (Å²) in [6, 6.07) is 7.07. The van der Waals surface area contributed by atoms with Gasteiger partial charge in [-0.25, -0.2) is 0 Å². The zero-order valence-electron chi connectivity index (χ0n) is 14.2. The van der Waals surface area contributed by atoms with E-state index in [0.717, 1.165) is 31.4 Å². The predicted octanol–water partition coefficient (Wildman–Crippen LogP) is 0.0169. The molecule has 1 atom stereocenters.